The summed E-state index contributed by atoms with van der Waals surface area (Å²) in [6.07, 6.45) is 0. The van der Waals surface area contributed by atoms with E-state index in [0.29, 0.717) is 0 Å². The van der Waals surface area contributed by atoms with Gasteiger partial charge in [0, 0.05) is 18.6 Å². The molecule has 0 saturated heterocycles. The summed E-state index contributed by atoms with van der Waals surface area (Å²) in [5.74, 6) is 0. The molecule has 1 radical (unpaired) electrons. The maximum atomic E-state index is 7.50. The fourth-order valence-electron chi connectivity index (χ4n) is 0. The van der Waals surface area contributed by atoms with E-state index in [2.05, 4.69) is 39.9 Å². The van der Waals surface area contributed by atoms with E-state index in [1.807, 2.05) is 0 Å². The van der Waals surface area contributed by atoms with Crippen molar-refractivity contribution in [1.82, 2.24) is 0 Å². The second-order valence-corrected chi connectivity index (χ2v) is 0. The molecule has 0 bridgehead atoms. The molecule has 0 aliphatic carbocycles. The molecule has 0 heterocycles. The van der Waals surface area contributed by atoms with E-state index >= 15 is 0 Å². The van der Waals surface area contributed by atoms with Crippen LogP contribution in [0.2, 0.25) is 0 Å². The third-order valence-corrected chi connectivity index (χ3v) is 0. The summed E-state index contributed by atoms with van der Waals surface area (Å²) in [6, 6.07) is 0. The van der Waals surface area contributed by atoms with Crippen molar-refractivity contribution >= 4 is 0 Å². The maximum Gasteiger partial charge on any atom is 0 e. The van der Waals surface area contributed by atoms with Gasteiger partial charge in [-0.15, -0.1) is 0 Å². The molecule has 0 spiro atoms. The summed E-state index contributed by atoms with van der Waals surface area (Å²) in [6.45, 7) is 27.0. The molecule has 0 unspecified atom stereocenters. The van der Waals surface area contributed by atoms with Crippen LogP contribution in [-0.4, -0.2) is 0 Å². The first-order valence-electron chi connectivity index (χ1n) is 1.22. The fourth-order valence-corrected chi connectivity index (χ4v) is 0. The van der Waals surface area contributed by atoms with Crippen molar-refractivity contribution in [2.24, 2.45) is 0 Å². The van der Waals surface area contributed by atoms with Gasteiger partial charge in [0.1, 0.15) is 0 Å². The van der Waals surface area contributed by atoms with Crippen molar-refractivity contribution in [2.75, 3.05) is 0 Å². The molecule has 6 nitrogen and oxygen atoms in total. The van der Waals surface area contributed by atoms with E-state index in [4.69, 9.17) is 27.9 Å². The van der Waals surface area contributed by atoms with Gasteiger partial charge in [-0.05, 0) is 0 Å². The average Bonchev–Trinajstić information content (AvgIpc) is 2.33. The minimum absolute atomic E-state index is 0. The zero-order valence-corrected chi connectivity index (χ0v) is 7.29. The summed E-state index contributed by atoms with van der Waals surface area (Å²) in [4.78, 5) is 0. The summed E-state index contributed by atoms with van der Waals surface area (Å²) < 4.78 is 45.0. The van der Waals surface area contributed by atoms with Crippen LogP contribution in [-0.2, 0) is 46.5 Å². The smallest absolute Gasteiger partial charge is 0 e. The predicted molar refractivity (Wildman–Crippen MR) is 23.6 cm³/mol. The van der Waals surface area contributed by atoms with Gasteiger partial charge >= 0.3 is 67.8 Å². The van der Waals surface area contributed by atoms with Crippen LogP contribution in [0, 0.1) is 39.9 Å². The van der Waals surface area contributed by atoms with Gasteiger partial charge in [-0.25, -0.2) is 0 Å². The maximum absolute atomic E-state index is 7.50. The Balaban J connectivity index is -0.00000000655. The topological polar surface area (TPSA) is 119 Å². The molecule has 0 atom stereocenters. The zero-order valence-electron chi connectivity index (χ0n) is 5.90. The molecule has 7 heteroatoms. The van der Waals surface area contributed by atoms with Gasteiger partial charge in [-0.3, -0.25) is 0 Å². The molecule has 0 aromatic heterocycles. The average molecular weight is 219 g/mol. The molecule has 0 rings (SSSR count). The van der Waals surface area contributed by atoms with Gasteiger partial charge < -0.3 is 0 Å². The summed E-state index contributed by atoms with van der Waals surface area (Å²) in [5, 5.41) is 0. The number of hydrogen-bond acceptors (Lipinski definition) is 0. The normalized spacial score (nSPS) is 0.923. The van der Waals surface area contributed by atoms with Crippen molar-refractivity contribution in [3.05, 3.63) is 39.9 Å². The summed E-state index contributed by atoms with van der Waals surface area (Å²) in [5.41, 5.74) is 0. The molecule has 0 N–H and O–H groups in total. The van der Waals surface area contributed by atoms with Crippen molar-refractivity contribution < 1.29 is 46.5 Å². The molecule has 0 fully saturated rings. The van der Waals surface area contributed by atoms with Crippen molar-refractivity contribution in [2.45, 2.75) is 0 Å². The van der Waals surface area contributed by atoms with Gasteiger partial charge in [-0.2, -0.15) is 0 Å². The molecule has 65 valence electrons. The minimum atomic E-state index is 0. The molecule has 13 heavy (non-hydrogen) atoms. The van der Waals surface area contributed by atoms with Gasteiger partial charge in [0.05, 0.1) is 0 Å². The van der Waals surface area contributed by atoms with Crippen LogP contribution >= 0.6 is 0 Å². The standard InChI is InChI=1S/6CO.V/c6*1-2;. The van der Waals surface area contributed by atoms with Crippen LogP contribution in [0.4, 0.5) is 0 Å². The van der Waals surface area contributed by atoms with E-state index < -0.39 is 0 Å². The van der Waals surface area contributed by atoms with Crippen LogP contribution < -0.4 is 0 Å². The molecule has 0 amide bonds. The van der Waals surface area contributed by atoms with Gasteiger partial charge in [0.15, 0.2) is 0 Å². The summed E-state index contributed by atoms with van der Waals surface area (Å²) >= 11 is 0. The first-order chi connectivity index (χ1) is 6.00. The van der Waals surface area contributed by atoms with E-state index in [0.717, 1.165) is 0 Å². The molecule has 0 aliphatic rings. The van der Waals surface area contributed by atoms with Crippen molar-refractivity contribution in [1.29, 1.82) is 0 Å². The Morgan fingerprint density at radius 3 is 0.308 bits per heavy atom. The Kier molecular flexibility index (Phi) is 5180. The molecule has 0 aliphatic heterocycles. The van der Waals surface area contributed by atoms with Crippen LogP contribution in [0.25, 0.3) is 0 Å². The molecular weight excluding hydrogens is 219 g/mol. The second-order valence-electron chi connectivity index (χ2n) is 0. The molecule has 0 aromatic rings. The van der Waals surface area contributed by atoms with Crippen LogP contribution in [0.15, 0.2) is 0 Å². The largest absolute Gasteiger partial charge is 0 e. The van der Waals surface area contributed by atoms with Crippen molar-refractivity contribution in [3.8, 4) is 0 Å². The van der Waals surface area contributed by atoms with Crippen LogP contribution in [0.1, 0.15) is 0 Å². The third kappa shape index (κ3) is 943. The van der Waals surface area contributed by atoms with E-state index in [1.54, 1.807) is 0 Å². The first-order valence-corrected chi connectivity index (χ1v) is 1.22. The van der Waals surface area contributed by atoms with Gasteiger partial charge in [-0.1, -0.05) is 0 Å². The molecular formula is C6O6V. The van der Waals surface area contributed by atoms with Crippen molar-refractivity contribution in [3.63, 3.8) is 0 Å². The minimum Gasteiger partial charge on any atom is 0 e. The van der Waals surface area contributed by atoms with E-state index in [-0.39, 0.29) is 18.6 Å². The first kappa shape index (κ1) is 57.9. The number of rotatable bonds is 0. The Hall–Kier alpha value is -0.976. The SMILES string of the molecule is [C-]#[O+].[C-]#[O+].[C-]#[O+].[C-]#[O+].[C-]#[O+].[C-]#[O+].[V]. The van der Waals surface area contributed by atoms with Crippen LogP contribution in [0.3, 0.4) is 0 Å². The Morgan fingerprint density at radius 1 is 0.308 bits per heavy atom. The third-order valence-electron chi connectivity index (χ3n) is 0. The monoisotopic (exact) mass is 219 g/mol. The van der Waals surface area contributed by atoms with E-state index in [1.165, 1.54) is 0 Å². The van der Waals surface area contributed by atoms with Gasteiger partial charge in [0.2, 0.25) is 0 Å². The van der Waals surface area contributed by atoms with E-state index in [9.17, 15) is 0 Å². The fraction of sp³-hybridized carbons (Fsp3) is 0. The number of hydrogen-bond donors (Lipinski definition) is 0. The predicted octanol–water partition coefficient (Wildman–Crippen LogP) is -0.228. The molecule has 0 saturated carbocycles. The zero-order chi connectivity index (χ0) is 12.0. The summed E-state index contributed by atoms with van der Waals surface area (Å²) in [7, 11) is 0. The van der Waals surface area contributed by atoms with Crippen LogP contribution in [0.5, 0.6) is 0 Å². The Morgan fingerprint density at radius 2 is 0.308 bits per heavy atom. The quantitative estimate of drug-likeness (QED) is 0.395. The van der Waals surface area contributed by atoms with Gasteiger partial charge in [0.25, 0.3) is 0 Å². The second kappa shape index (κ2) is 1160. The Bertz CT molecular complexity index is 92.1. The Labute approximate surface area is 86.9 Å². The molecule has 0 aromatic carbocycles.